The number of nitrogens with zero attached hydrogens (tertiary/aromatic N) is 1. The largest absolute Gasteiger partial charge is 0.507 e. The number of hydrogen-bond donors (Lipinski definition) is 1. The quantitative estimate of drug-likeness (QED) is 0.181. The zero-order valence-corrected chi connectivity index (χ0v) is 22.1. The van der Waals surface area contributed by atoms with Gasteiger partial charge in [0.25, 0.3) is 11.7 Å². The van der Waals surface area contributed by atoms with E-state index in [0.717, 1.165) is 6.42 Å². The molecule has 1 aliphatic heterocycles. The second-order valence-electron chi connectivity index (χ2n) is 8.05. The zero-order valence-electron chi connectivity index (χ0n) is 20.6. The third-order valence-electron chi connectivity index (χ3n) is 5.73. The zero-order chi connectivity index (χ0) is 26.4. The van der Waals surface area contributed by atoms with E-state index >= 15 is 0 Å². The Hall–Kier alpha value is -2.94. The Balaban J connectivity index is 2.23. The number of likely N-dealkylation sites (tertiary alicyclic amines) is 1. The number of ketones is 1. The Morgan fingerprint density at radius 2 is 1.78 bits per heavy atom. The average Bonchev–Trinajstić information content (AvgIpc) is 3.12. The SMILES string of the molecule is CCCOc1cccc(C2/C(=C(\O)c3cc(Cl)c(OC)c(Cl)c3OC)C(=O)C(=O)N2CCCOC)c1. The van der Waals surface area contributed by atoms with Gasteiger partial charge in [0.2, 0.25) is 0 Å². The second kappa shape index (κ2) is 12.3. The van der Waals surface area contributed by atoms with Gasteiger partial charge in [0, 0.05) is 20.3 Å². The molecule has 0 saturated carbocycles. The first kappa shape index (κ1) is 27.6. The van der Waals surface area contributed by atoms with Crippen LogP contribution in [0, 0.1) is 0 Å². The highest BCUT2D eigenvalue weighted by Crippen LogP contribution is 2.47. The fraction of sp³-hybridized carbons (Fsp3) is 0.385. The number of hydrogen-bond acceptors (Lipinski definition) is 7. The van der Waals surface area contributed by atoms with E-state index in [9.17, 15) is 14.7 Å². The van der Waals surface area contributed by atoms with Gasteiger partial charge < -0.3 is 29.0 Å². The number of Topliss-reactive ketones (excluding diaryl/α,β-unsaturated/α-hetero) is 1. The number of methoxy groups -OCH3 is 3. The van der Waals surface area contributed by atoms with Crippen molar-refractivity contribution in [3.63, 3.8) is 0 Å². The van der Waals surface area contributed by atoms with Crippen molar-refractivity contribution in [1.29, 1.82) is 0 Å². The summed E-state index contributed by atoms with van der Waals surface area (Å²) in [4.78, 5) is 27.8. The number of aliphatic hydroxyl groups is 1. The summed E-state index contributed by atoms with van der Waals surface area (Å²) in [6.07, 6.45) is 1.31. The van der Waals surface area contributed by atoms with Crippen LogP contribution in [0.15, 0.2) is 35.9 Å². The molecule has 8 nitrogen and oxygen atoms in total. The van der Waals surface area contributed by atoms with Crippen LogP contribution in [0.25, 0.3) is 5.76 Å². The first-order valence-corrected chi connectivity index (χ1v) is 12.2. The molecular formula is C26H29Cl2NO7. The lowest BCUT2D eigenvalue weighted by atomic mass is 9.94. The van der Waals surface area contributed by atoms with Gasteiger partial charge in [0.05, 0.1) is 43.0 Å². The first-order valence-electron chi connectivity index (χ1n) is 11.4. The van der Waals surface area contributed by atoms with Crippen LogP contribution >= 0.6 is 23.2 Å². The van der Waals surface area contributed by atoms with Gasteiger partial charge in [0.1, 0.15) is 16.5 Å². The second-order valence-corrected chi connectivity index (χ2v) is 8.83. The van der Waals surface area contributed by atoms with Crippen LogP contribution < -0.4 is 14.2 Å². The molecule has 1 saturated heterocycles. The smallest absolute Gasteiger partial charge is 0.295 e. The van der Waals surface area contributed by atoms with Crippen LogP contribution in [0.5, 0.6) is 17.2 Å². The number of rotatable bonds is 11. The third-order valence-corrected chi connectivity index (χ3v) is 6.35. The first-order chi connectivity index (χ1) is 17.3. The topological polar surface area (TPSA) is 94.5 Å². The molecule has 1 unspecified atom stereocenters. The Kier molecular flexibility index (Phi) is 9.48. The molecule has 1 N–H and O–H groups in total. The molecule has 0 aromatic heterocycles. The lowest BCUT2D eigenvalue weighted by Crippen LogP contribution is -2.31. The van der Waals surface area contributed by atoms with Crippen LogP contribution in [0.1, 0.15) is 36.9 Å². The molecule has 2 aromatic rings. The van der Waals surface area contributed by atoms with Gasteiger partial charge in [-0.15, -0.1) is 0 Å². The van der Waals surface area contributed by atoms with Crippen molar-refractivity contribution >= 4 is 40.7 Å². The maximum Gasteiger partial charge on any atom is 0.295 e. The van der Waals surface area contributed by atoms with Gasteiger partial charge in [-0.1, -0.05) is 42.3 Å². The minimum atomic E-state index is -0.878. The number of aliphatic hydroxyl groups excluding tert-OH is 1. The van der Waals surface area contributed by atoms with Gasteiger partial charge in [-0.25, -0.2) is 0 Å². The Labute approximate surface area is 220 Å². The molecule has 1 atom stereocenters. The highest BCUT2D eigenvalue weighted by atomic mass is 35.5. The Morgan fingerprint density at radius 1 is 1.06 bits per heavy atom. The minimum absolute atomic E-state index is 0.0230. The van der Waals surface area contributed by atoms with Gasteiger partial charge in [-0.3, -0.25) is 9.59 Å². The lowest BCUT2D eigenvalue weighted by Gasteiger charge is -2.26. The van der Waals surface area contributed by atoms with Gasteiger partial charge in [0.15, 0.2) is 11.5 Å². The summed E-state index contributed by atoms with van der Waals surface area (Å²) in [7, 11) is 4.31. The van der Waals surface area contributed by atoms with E-state index in [1.54, 1.807) is 31.4 Å². The molecule has 3 rings (SSSR count). The highest BCUT2D eigenvalue weighted by Gasteiger charge is 2.46. The van der Waals surface area contributed by atoms with E-state index < -0.39 is 23.5 Å². The van der Waals surface area contributed by atoms with Crippen molar-refractivity contribution in [3.05, 3.63) is 57.1 Å². The minimum Gasteiger partial charge on any atom is -0.507 e. The summed E-state index contributed by atoms with van der Waals surface area (Å²) in [6, 6.07) is 7.61. The molecule has 10 heteroatoms. The van der Waals surface area contributed by atoms with Gasteiger partial charge >= 0.3 is 0 Å². The fourth-order valence-electron chi connectivity index (χ4n) is 4.12. The highest BCUT2D eigenvalue weighted by molar-refractivity contribution is 6.47. The van der Waals surface area contributed by atoms with E-state index in [0.29, 0.717) is 30.9 Å². The number of ether oxygens (including phenoxy) is 4. The fourth-order valence-corrected chi connectivity index (χ4v) is 4.81. The number of carbonyl (C=O) groups is 2. The summed E-state index contributed by atoms with van der Waals surface area (Å²) in [5, 5.41) is 11.6. The summed E-state index contributed by atoms with van der Waals surface area (Å²) in [5.41, 5.74) is 0.554. The van der Waals surface area contributed by atoms with E-state index in [4.69, 9.17) is 42.1 Å². The van der Waals surface area contributed by atoms with Gasteiger partial charge in [-0.2, -0.15) is 0 Å². The molecule has 0 aliphatic carbocycles. The van der Waals surface area contributed by atoms with E-state index in [1.807, 2.05) is 6.92 Å². The van der Waals surface area contributed by atoms with Crippen LogP contribution in [-0.2, 0) is 14.3 Å². The molecule has 36 heavy (non-hydrogen) atoms. The molecule has 1 fully saturated rings. The third kappa shape index (κ3) is 5.40. The van der Waals surface area contributed by atoms with E-state index in [-0.39, 0.29) is 39.2 Å². The number of halogens is 2. The standard InChI is InChI=1S/C26H29Cl2NO7/c1-5-11-36-16-9-6-8-15(13-16)21-19(23(31)26(32)29(21)10-7-12-33-2)22(30)17-14-18(27)25(35-4)20(28)24(17)34-3/h6,8-9,13-14,21,30H,5,7,10-12H2,1-4H3/b22-19+. The van der Waals surface area contributed by atoms with Crippen molar-refractivity contribution in [2.24, 2.45) is 0 Å². The van der Waals surface area contributed by atoms with Crippen molar-refractivity contribution in [2.75, 3.05) is 41.1 Å². The molecule has 2 aromatic carbocycles. The van der Waals surface area contributed by atoms with Gasteiger partial charge in [-0.05, 0) is 36.6 Å². The molecule has 0 bridgehead atoms. The summed E-state index contributed by atoms with van der Waals surface area (Å²) >= 11 is 12.7. The van der Waals surface area contributed by atoms with Crippen LogP contribution in [0.2, 0.25) is 10.0 Å². The Bertz CT molecular complexity index is 1170. The Morgan fingerprint density at radius 3 is 2.42 bits per heavy atom. The predicted octanol–water partition coefficient (Wildman–Crippen LogP) is 5.26. The molecule has 0 radical (unpaired) electrons. The molecule has 1 heterocycles. The number of benzene rings is 2. The summed E-state index contributed by atoms with van der Waals surface area (Å²) in [6.45, 7) is 3.14. The van der Waals surface area contributed by atoms with Crippen LogP contribution in [-0.4, -0.2) is 62.8 Å². The molecule has 1 aliphatic rings. The summed E-state index contributed by atoms with van der Waals surface area (Å²) in [5.74, 6) is -1.23. The van der Waals surface area contributed by atoms with Crippen molar-refractivity contribution in [2.45, 2.75) is 25.8 Å². The van der Waals surface area contributed by atoms with Crippen molar-refractivity contribution in [1.82, 2.24) is 4.90 Å². The van der Waals surface area contributed by atoms with Crippen molar-refractivity contribution < 1.29 is 33.6 Å². The molecule has 194 valence electrons. The monoisotopic (exact) mass is 537 g/mol. The van der Waals surface area contributed by atoms with Crippen molar-refractivity contribution in [3.8, 4) is 17.2 Å². The normalized spacial score (nSPS) is 16.9. The summed E-state index contributed by atoms with van der Waals surface area (Å²) < 4.78 is 21.5. The van der Waals surface area contributed by atoms with Crippen LogP contribution in [0.4, 0.5) is 0 Å². The lowest BCUT2D eigenvalue weighted by molar-refractivity contribution is -0.140. The van der Waals surface area contributed by atoms with E-state index in [2.05, 4.69) is 0 Å². The van der Waals surface area contributed by atoms with Crippen LogP contribution in [0.3, 0.4) is 0 Å². The maximum atomic E-state index is 13.3. The number of amides is 1. The molecule has 1 amide bonds. The molecular weight excluding hydrogens is 509 g/mol. The predicted molar refractivity (Wildman–Crippen MR) is 137 cm³/mol. The number of carbonyl (C=O) groups excluding carboxylic acids is 2. The maximum absolute atomic E-state index is 13.3. The van der Waals surface area contributed by atoms with E-state index in [1.165, 1.54) is 25.2 Å². The molecule has 0 spiro atoms. The average molecular weight is 538 g/mol.